The van der Waals surface area contributed by atoms with E-state index in [9.17, 15) is 0 Å². The maximum Gasteiger partial charge on any atom is 0.0590 e. The minimum Gasteiger partial charge on any atom is -0.380 e. The summed E-state index contributed by atoms with van der Waals surface area (Å²) < 4.78 is 5.33. The van der Waals surface area contributed by atoms with Crippen LogP contribution in [-0.2, 0) is 4.74 Å². The van der Waals surface area contributed by atoms with Crippen LogP contribution in [0.2, 0.25) is 0 Å². The minimum absolute atomic E-state index is 0.712. The van der Waals surface area contributed by atoms with Crippen LogP contribution in [0.5, 0.6) is 0 Å². The minimum atomic E-state index is 0.712. The van der Waals surface area contributed by atoms with Crippen LogP contribution in [0.3, 0.4) is 0 Å². The van der Waals surface area contributed by atoms with Crippen LogP contribution in [0.15, 0.2) is 0 Å². The van der Waals surface area contributed by atoms with Gasteiger partial charge in [0, 0.05) is 19.2 Å². The van der Waals surface area contributed by atoms with Gasteiger partial charge in [-0.2, -0.15) is 0 Å². The SMILES string of the molecule is CCOCCNC1[C@H](C)CCC[C@@H]1C. The van der Waals surface area contributed by atoms with Crippen LogP contribution in [-0.4, -0.2) is 25.8 Å². The summed E-state index contributed by atoms with van der Waals surface area (Å²) in [6.45, 7) is 9.48. The number of nitrogens with one attached hydrogen (secondary N) is 1. The molecule has 1 N–H and O–H groups in total. The lowest BCUT2D eigenvalue weighted by molar-refractivity contribution is 0.133. The average Bonchev–Trinajstić information content (AvgIpc) is 2.16. The Morgan fingerprint density at radius 1 is 1.21 bits per heavy atom. The highest BCUT2D eigenvalue weighted by Gasteiger charge is 2.26. The summed E-state index contributed by atoms with van der Waals surface area (Å²) in [5, 5.41) is 3.63. The lowest BCUT2D eigenvalue weighted by Crippen LogP contribution is -2.44. The first-order chi connectivity index (χ1) is 6.75. The Kier molecular flexibility index (Phi) is 5.49. The number of hydrogen-bond donors (Lipinski definition) is 1. The molecule has 0 saturated heterocycles. The monoisotopic (exact) mass is 199 g/mol. The molecule has 1 rings (SSSR count). The van der Waals surface area contributed by atoms with Crippen molar-refractivity contribution in [2.24, 2.45) is 11.8 Å². The van der Waals surface area contributed by atoms with Gasteiger partial charge in [0.1, 0.15) is 0 Å². The van der Waals surface area contributed by atoms with Crippen molar-refractivity contribution in [2.45, 2.75) is 46.1 Å². The Hall–Kier alpha value is -0.0800. The normalized spacial score (nSPS) is 33.2. The molecule has 1 aliphatic rings. The molecule has 0 aliphatic heterocycles. The highest BCUT2D eigenvalue weighted by molar-refractivity contribution is 4.82. The van der Waals surface area contributed by atoms with E-state index in [1.807, 2.05) is 6.92 Å². The summed E-state index contributed by atoms with van der Waals surface area (Å²) in [6, 6.07) is 0.712. The van der Waals surface area contributed by atoms with Crippen molar-refractivity contribution in [3.8, 4) is 0 Å². The van der Waals surface area contributed by atoms with Crippen LogP contribution < -0.4 is 5.32 Å². The molecule has 2 nitrogen and oxygen atoms in total. The van der Waals surface area contributed by atoms with E-state index in [0.717, 1.165) is 31.6 Å². The Morgan fingerprint density at radius 2 is 1.86 bits per heavy atom. The van der Waals surface area contributed by atoms with Crippen molar-refractivity contribution in [2.75, 3.05) is 19.8 Å². The largest absolute Gasteiger partial charge is 0.380 e. The first-order valence-electron chi connectivity index (χ1n) is 6.06. The fourth-order valence-electron chi connectivity index (χ4n) is 2.53. The third-order valence-electron chi connectivity index (χ3n) is 3.38. The van der Waals surface area contributed by atoms with Crippen molar-refractivity contribution in [1.29, 1.82) is 0 Å². The second-order valence-corrected chi connectivity index (χ2v) is 4.56. The fourth-order valence-corrected chi connectivity index (χ4v) is 2.53. The lowest BCUT2D eigenvalue weighted by Gasteiger charge is -2.35. The molecule has 1 fully saturated rings. The molecule has 3 atom stereocenters. The molecule has 0 heterocycles. The molecule has 0 bridgehead atoms. The van der Waals surface area contributed by atoms with Crippen molar-refractivity contribution >= 4 is 0 Å². The van der Waals surface area contributed by atoms with E-state index in [0.29, 0.717) is 6.04 Å². The van der Waals surface area contributed by atoms with Gasteiger partial charge in [-0.05, 0) is 31.6 Å². The third-order valence-corrected chi connectivity index (χ3v) is 3.38. The Morgan fingerprint density at radius 3 is 2.43 bits per heavy atom. The Labute approximate surface area is 88.4 Å². The van der Waals surface area contributed by atoms with Gasteiger partial charge >= 0.3 is 0 Å². The molecule has 84 valence electrons. The van der Waals surface area contributed by atoms with Crippen LogP contribution in [0.4, 0.5) is 0 Å². The van der Waals surface area contributed by atoms with Crippen LogP contribution in [0.1, 0.15) is 40.0 Å². The number of rotatable bonds is 5. The molecular weight excluding hydrogens is 174 g/mol. The molecule has 1 saturated carbocycles. The van der Waals surface area contributed by atoms with E-state index < -0.39 is 0 Å². The van der Waals surface area contributed by atoms with Crippen molar-refractivity contribution < 1.29 is 4.74 Å². The van der Waals surface area contributed by atoms with Gasteiger partial charge in [-0.25, -0.2) is 0 Å². The van der Waals surface area contributed by atoms with Gasteiger partial charge in [-0.1, -0.05) is 20.3 Å². The van der Waals surface area contributed by atoms with Crippen LogP contribution in [0, 0.1) is 11.8 Å². The Balaban J connectivity index is 2.19. The topological polar surface area (TPSA) is 21.3 Å². The van der Waals surface area contributed by atoms with E-state index in [-0.39, 0.29) is 0 Å². The van der Waals surface area contributed by atoms with Gasteiger partial charge in [0.05, 0.1) is 6.61 Å². The molecule has 2 heteroatoms. The summed E-state index contributed by atoms with van der Waals surface area (Å²) in [7, 11) is 0. The van der Waals surface area contributed by atoms with Gasteiger partial charge in [0.2, 0.25) is 0 Å². The van der Waals surface area contributed by atoms with Gasteiger partial charge in [0.15, 0.2) is 0 Å². The summed E-state index contributed by atoms with van der Waals surface area (Å²) in [5.41, 5.74) is 0. The fraction of sp³-hybridized carbons (Fsp3) is 1.00. The Bertz CT molecular complexity index is 139. The van der Waals surface area contributed by atoms with Crippen molar-refractivity contribution in [3.05, 3.63) is 0 Å². The molecule has 0 aromatic rings. The van der Waals surface area contributed by atoms with Crippen molar-refractivity contribution in [3.63, 3.8) is 0 Å². The van der Waals surface area contributed by atoms with Crippen molar-refractivity contribution in [1.82, 2.24) is 5.32 Å². The molecule has 0 aromatic heterocycles. The average molecular weight is 199 g/mol. The lowest BCUT2D eigenvalue weighted by atomic mass is 9.79. The number of hydrogen-bond acceptors (Lipinski definition) is 2. The van der Waals surface area contributed by atoms with E-state index >= 15 is 0 Å². The van der Waals surface area contributed by atoms with E-state index in [1.54, 1.807) is 0 Å². The molecule has 0 aromatic carbocycles. The van der Waals surface area contributed by atoms with Gasteiger partial charge in [-0.15, -0.1) is 0 Å². The quantitative estimate of drug-likeness (QED) is 0.687. The summed E-state index contributed by atoms with van der Waals surface area (Å²) >= 11 is 0. The molecule has 0 amide bonds. The summed E-state index contributed by atoms with van der Waals surface area (Å²) in [6.07, 6.45) is 4.18. The maximum atomic E-state index is 5.33. The van der Waals surface area contributed by atoms with Gasteiger partial charge in [-0.3, -0.25) is 0 Å². The predicted molar refractivity (Wildman–Crippen MR) is 60.5 cm³/mol. The van der Waals surface area contributed by atoms with E-state index in [1.165, 1.54) is 19.3 Å². The zero-order valence-corrected chi connectivity index (χ0v) is 9.88. The van der Waals surface area contributed by atoms with Gasteiger partial charge in [0.25, 0.3) is 0 Å². The molecule has 1 unspecified atom stereocenters. The zero-order chi connectivity index (χ0) is 10.4. The molecule has 14 heavy (non-hydrogen) atoms. The second-order valence-electron chi connectivity index (χ2n) is 4.56. The van der Waals surface area contributed by atoms with E-state index in [4.69, 9.17) is 4.74 Å². The highest BCUT2D eigenvalue weighted by atomic mass is 16.5. The van der Waals surface area contributed by atoms with Crippen LogP contribution in [0.25, 0.3) is 0 Å². The first kappa shape index (κ1) is 12.0. The molecular formula is C12H25NO. The zero-order valence-electron chi connectivity index (χ0n) is 9.88. The van der Waals surface area contributed by atoms with Gasteiger partial charge < -0.3 is 10.1 Å². The second kappa shape index (κ2) is 6.41. The standard InChI is InChI=1S/C12H25NO/c1-4-14-9-8-13-12-10(2)6-5-7-11(12)3/h10-13H,4-9H2,1-3H3/t10-,11+,12?. The van der Waals surface area contributed by atoms with E-state index in [2.05, 4.69) is 19.2 Å². The predicted octanol–water partition coefficient (Wildman–Crippen LogP) is 2.44. The summed E-state index contributed by atoms with van der Waals surface area (Å²) in [5.74, 6) is 1.67. The maximum absolute atomic E-state index is 5.33. The number of ether oxygens (including phenoxy) is 1. The smallest absolute Gasteiger partial charge is 0.0590 e. The highest BCUT2D eigenvalue weighted by Crippen LogP contribution is 2.28. The third kappa shape index (κ3) is 3.58. The van der Waals surface area contributed by atoms with Crippen LogP contribution >= 0.6 is 0 Å². The molecule has 0 spiro atoms. The summed E-state index contributed by atoms with van der Waals surface area (Å²) in [4.78, 5) is 0. The molecule has 1 aliphatic carbocycles. The molecule has 0 radical (unpaired) electrons. The first-order valence-corrected chi connectivity index (χ1v) is 6.06.